The molecule has 1 aliphatic rings. The second kappa shape index (κ2) is 6.13. The Morgan fingerprint density at radius 2 is 2.24 bits per heavy atom. The molecule has 1 saturated heterocycles. The van der Waals surface area contributed by atoms with Gasteiger partial charge in [0.2, 0.25) is 0 Å². The van der Waals surface area contributed by atoms with Crippen molar-refractivity contribution in [2.24, 2.45) is 0 Å². The normalized spacial score (nSPS) is 23.4. The van der Waals surface area contributed by atoms with Gasteiger partial charge in [-0.05, 0) is 32.6 Å². The zero-order valence-electron chi connectivity index (χ0n) is 13.0. The highest BCUT2D eigenvalue weighted by Gasteiger charge is 2.30. The Hall–Kier alpha value is -1.43. The molecule has 5 nitrogen and oxygen atoms in total. The number of methoxy groups -OCH3 is 1. The third kappa shape index (κ3) is 3.26. The zero-order chi connectivity index (χ0) is 14.8. The smallest absolute Gasteiger partial charge is 0.121 e. The van der Waals surface area contributed by atoms with Crippen LogP contribution in [0.25, 0.3) is 11.0 Å². The number of fused-ring (bicyclic) bond motifs is 1. The maximum Gasteiger partial charge on any atom is 0.121 e. The Labute approximate surface area is 125 Å². The first-order valence-electron chi connectivity index (χ1n) is 7.51. The summed E-state index contributed by atoms with van der Waals surface area (Å²) in [4.78, 5) is 12.8. The molecule has 0 amide bonds. The van der Waals surface area contributed by atoms with Crippen molar-refractivity contribution in [3.05, 3.63) is 30.1 Å². The first-order valence-corrected chi connectivity index (χ1v) is 7.51. The molecule has 5 heteroatoms. The number of para-hydroxylation sites is 2. The summed E-state index contributed by atoms with van der Waals surface area (Å²) in [5.41, 5.74) is 2.15. The van der Waals surface area contributed by atoms with Gasteiger partial charge in [0, 0.05) is 26.2 Å². The fraction of sp³-hybridized carbons (Fsp3) is 0.562. The maximum atomic E-state index is 5.47. The van der Waals surface area contributed by atoms with Crippen LogP contribution >= 0.6 is 0 Å². The van der Waals surface area contributed by atoms with Crippen LogP contribution in [-0.4, -0.2) is 66.2 Å². The van der Waals surface area contributed by atoms with Crippen molar-refractivity contribution in [2.45, 2.75) is 25.1 Å². The fourth-order valence-corrected chi connectivity index (χ4v) is 3.17. The number of likely N-dealkylation sites (tertiary alicyclic amines) is 1. The molecule has 2 atom stereocenters. The van der Waals surface area contributed by atoms with Crippen LogP contribution in [0.4, 0.5) is 0 Å². The number of aromatic amines is 1. The molecule has 0 spiro atoms. The van der Waals surface area contributed by atoms with Crippen LogP contribution in [0, 0.1) is 0 Å². The number of H-pyrrole nitrogens is 1. The molecule has 0 radical (unpaired) electrons. The molecule has 21 heavy (non-hydrogen) atoms. The van der Waals surface area contributed by atoms with Gasteiger partial charge in [-0.3, -0.25) is 9.80 Å². The molecule has 1 N–H and O–H groups in total. The molecule has 1 aliphatic heterocycles. The number of hydrogen-bond acceptors (Lipinski definition) is 4. The molecule has 0 unspecified atom stereocenters. The third-order valence-electron chi connectivity index (χ3n) is 4.36. The standard InChI is InChI=1S/C16H24N4O/c1-19(9-12-8-13(21-3)10-20(12)2)11-16-17-14-6-4-5-7-15(14)18-16/h4-7,12-13H,8-11H2,1-3H3,(H,17,18)/t12-,13-/m0/s1. The van der Waals surface area contributed by atoms with E-state index in [0.29, 0.717) is 12.1 Å². The van der Waals surface area contributed by atoms with E-state index in [9.17, 15) is 0 Å². The van der Waals surface area contributed by atoms with Gasteiger partial charge >= 0.3 is 0 Å². The van der Waals surface area contributed by atoms with Crippen molar-refractivity contribution in [2.75, 3.05) is 34.3 Å². The summed E-state index contributed by atoms with van der Waals surface area (Å²) in [6, 6.07) is 8.73. The van der Waals surface area contributed by atoms with Crippen LogP contribution in [0.3, 0.4) is 0 Å². The van der Waals surface area contributed by atoms with Crippen molar-refractivity contribution < 1.29 is 4.74 Å². The number of nitrogens with zero attached hydrogens (tertiary/aromatic N) is 3. The Bertz CT molecular complexity index is 564. The van der Waals surface area contributed by atoms with E-state index in [1.54, 1.807) is 7.11 Å². The molecule has 1 aromatic heterocycles. The molecule has 114 valence electrons. The largest absolute Gasteiger partial charge is 0.380 e. The number of hydrogen-bond donors (Lipinski definition) is 1. The number of aromatic nitrogens is 2. The summed E-state index contributed by atoms with van der Waals surface area (Å²) >= 11 is 0. The van der Waals surface area contributed by atoms with Crippen LogP contribution in [0.2, 0.25) is 0 Å². The molecule has 1 aromatic carbocycles. The molecular formula is C16H24N4O. The van der Waals surface area contributed by atoms with E-state index in [1.165, 1.54) is 0 Å². The van der Waals surface area contributed by atoms with Gasteiger partial charge in [0.15, 0.2) is 0 Å². The molecule has 0 aliphatic carbocycles. The van der Waals surface area contributed by atoms with Crippen molar-refractivity contribution in [3.8, 4) is 0 Å². The van der Waals surface area contributed by atoms with E-state index in [0.717, 1.165) is 42.9 Å². The molecule has 1 fully saturated rings. The highest BCUT2D eigenvalue weighted by molar-refractivity contribution is 5.74. The molecule has 0 bridgehead atoms. The van der Waals surface area contributed by atoms with E-state index in [-0.39, 0.29) is 0 Å². The van der Waals surface area contributed by atoms with Crippen molar-refractivity contribution in [3.63, 3.8) is 0 Å². The first-order chi connectivity index (χ1) is 10.2. The van der Waals surface area contributed by atoms with Gasteiger partial charge in [0.05, 0.1) is 23.7 Å². The lowest BCUT2D eigenvalue weighted by atomic mass is 10.2. The lowest BCUT2D eigenvalue weighted by Crippen LogP contribution is -2.36. The number of likely N-dealkylation sites (N-methyl/N-ethyl adjacent to an activating group) is 2. The summed E-state index contributed by atoms with van der Waals surface area (Å²) in [6.07, 6.45) is 1.48. The Morgan fingerprint density at radius 1 is 1.43 bits per heavy atom. The van der Waals surface area contributed by atoms with Crippen LogP contribution in [0.1, 0.15) is 12.2 Å². The average molecular weight is 288 g/mol. The number of benzene rings is 1. The molecule has 2 aromatic rings. The van der Waals surface area contributed by atoms with Gasteiger partial charge in [-0.25, -0.2) is 4.98 Å². The van der Waals surface area contributed by atoms with E-state index < -0.39 is 0 Å². The Morgan fingerprint density at radius 3 is 2.95 bits per heavy atom. The maximum absolute atomic E-state index is 5.47. The van der Waals surface area contributed by atoms with Crippen molar-refractivity contribution >= 4 is 11.0 Å². The number of nitrogens with one attached hydrogen (secondary N) is 1. The number of ether oxygens (including phenoxy) is 1. The van der Waals surface area contributed by atoms with Gasteiger partial charge in [-0.15, -0.1) is 0 Å². The minimum atomic E-state index is 0.375. The summed E-state index contributed by atoms with van der Waals surface area (Å²) in [6.45, 7) is 2.91. The summed E-state index contributed by atoms with van der Waals surface area (Å²) in [5.74, 6) is 1.03. The third-order valence-corrected chi connectivity index (χ3v) is 4.36. The molecular weight excluding hydrogens is 264 g/mol. The predicted molar refractivity (Wildman–Crippen MR) is 84.3 cm³/mol. The fourth-order valence-electron chi connectivity index (χ4n) is 3.17. The average Bonchev–Trinajstić information content (AvgIpc) is 3.02. The summed E-state index contributed by atoms with van der Waals surface area (Å²) in [5, 5.41) is 0. The van der Waals surface area contributed by atoms with E-state index in [4.69, 9.17) is 4.74 Å². The molecule has 2 heterocycles. The van der Waals surface area contributed by atoms with Crippen LogP contribution in [-0.2, 0) is 11.3 Å². The predicted octanol–water partition coefficient (Wildman–Crippen LogP) is 1.71. The summed E-state index contributed by atoms with van der Waals surface area (Å²) < 4.78 is 5.47. The lowest BCUT2D eigenvalue weighted by molar-refractivity contribution is 0.111. The number of rotatable bonds is 5. The van der Waals surface area contributed by atoms with Gasteiger partial charge in [0.1, 0.15) is 5.82 Å². The summed E-state index contributed by atoms with van der Waals surface area (Å²) in [7, 11) is 6.14. The quantitative estimate of drug-likeness (QED) is 0.910. The van der Waals surface area contributed by atoms with Gasteiger partial charge in [-0.2, -0.15) is 0 Å². The second-order valence-corrected chi connectivity index (χ2v) is 6.08. The highest BCUT2D eigenvalue weighted by Crippen LogP contribution is 2.19. The minimum Gasteiger partial charge on any atom is -0.380 e. The zero-order valence-corrected chi connectivity index (χ0v) is 13.0. The van der Waals surface area contributed by atoms with Crippen molar-refractivity contribution in [1.29, 1.82) is 0 Å². The van der Waals surface area contributed by atoms with Crippen molar-refractivity contribution in [1.82, 2.24) is 19.8 Å². The SMILES string of the molecule is CO[C@H]1C[C@@H](CN(C)Cc2nc3ccccc3[nH]2)N(C)C1. The van der Waals surface area contributed by atoms with Crippen LogP contribution in [0.15, 0.2) is 24.3 Å². The van der Waals surface area contributed by atoms with Gasteiger partial charge in [0.25, 0.3) is 0 Å². The van der Waals surface area contributed by atoms with E-state index in [1.807, 2.05) is 18.2 Å². The Kier molecular flexibility index (Phi) is 4.24. The molecule has 0 saturated carbocycles. The highest BCUT2D eigenvalue weighted by atomic mass is 16.5. The first kappa shape index (κ1) is 14.5. The van der Waals surface area contributed by atoms with E-state index in [2.05, 4.69) is 39.9 Å². The van der Waals surface area contributed by atoms with Crippen LogP contribution < -0.4 is 0 Å². The second-order valence-electron chi connectivity index (χ2n) is 6.08. The molecule has 3 rings (SSSR count). The monoisotopic (exact) mass is 288 g/mol. The number of imidazole rings is 1. The van der Waals surface area contributed by atoms with E-state index >= 15 is 0 Å². The van der Waals surface area contributed by atoms with Gasteiger partial charge < -0.3 is 9.72 Å². The minimum absolute atomic E-state index is 0.375. The van der Waals surface area contributed by atoms with Crippen LogP contribution in [0.5, 0.6) is 0 Å². The Balaban J connectivity index is 1.60. The lowest BCUT2D eigenvalue weighted by Gasteiger charge is -2.24. The topological polar surface area (TPSA) is 44.4 Å². The van der Waals surface area contributed by atoms with Gasteiger partial charge in [-0.1, -0.05) is 12.1 Å².